The van der Waals surface area contributed by atoms with Crippen molar-refractivity contribution in [3.63, 3.8) is 0 Å². The zero-order chi connectivity index (χ0) is 16.4. The molecule has 0 radical (unpaired) electrons. The third-order valence-electron chi connectivity index (χ3n) is 3.17. The van der Waals surface area contributed by atoms with Gasteiger partial charge in [-0.15, -0.1) is 11.3 Å². The number of hydrogen-bond donors (Lipinski definition) is 0. The summed E-state index contributed by atoms with van der Waals surface area (Å²) in [5.74, 6) is 0. The highest BCUT2D eigenvalue weighted by atomic mass is 35.5. The Kier molecular flexibility index (Phi) is 4.06. The first-order valence-electron chi connectivity index (χ1n) is 6.51. The smallest absolute Gasteiger partial charge is 0.258 e. The maximum Gasteiger partial charge on any atom is 0.269 e. The number of rotatable bonds is 3. The molecule has 3 aromatic rings. The molecule has 0 fully saturated rings. The van der Waals surface area contributed by atoms with Crippen LogP contribution in [0.25, 0.3) is 20.8 Å². The third kappa shape index (κ3) is 2.93. The molecule has 0 saturated carbocycles. The molecule has 0 bridgehead atoms. The number of aromatic nitrogens is 1. The van der Waals surface area contributed by atoms with Crippen molar-refractivity contribution in [2.45, 2.75) is 0 Å². The summed E-state index contributed by atoms with van der Waals surface area (Å²) in [5.41, 5.74) is 1.56. The fourth-order valence-corrected chi connectivity index (χ4v) is 3.32. The second-order valence-electron chi connectivity index (χ2n) is 4.59. The number of nitro benzene ring substituents is 1. The molecular weight excluding hydrogens is 334 g/mol. The Morgan fingerprint density at radius 1 is 1.22 bits per heavy atom. The highest BCUT2D eigenvalue weighted by molar-refractivity contribution is 7.19. The van der Waals surface area contributed by atoms with Crippen molar-refractivity contribution in [1.29, 1.82) is 5.26 Å². The van der Waals surface area contributed by atoms with Crippen LogP contribution < -0.4 is 0 Å². The Labute approximate surface area is 140 Å². The molecule has 0 N–H and O–H groups in total. The molecule has 7 heteroatoms. The molecule has 0 unspecified atom stereocenters. The van der Waals surface area contributed by atoms with E-state index in [1.165, 1.54) is 35.6 Å². The Hall–Kier alpha value is -2.75. The van der Waals surface area contributed by atoms with Crippen molar-refractivity contribution in [2.24, 2.45) is 0 Å². The van der Waals surface area contributed by atoms with E-state index < -0.39 is 4.92 Å². The Morgan fingerprint density at radius 3 is 2.52 bits per heavy atom. The zero-order valence-electron chi connectivity index (χ0n) is 11.6. The van der Waals surface area contributed by atoms with E-state index in [0.717, 1.165) is 10.2 Å². The lowest BCUT2D eigenvalue weighted by Crippen LogP contribution is -1.89. The lowest BCUT2D eigenvalue weighted by Gasteiger charge is -2.01. The van der Waals surface area contributed by atoms with Gasteiger partial charge in [0.1, 0.15) is 16.6 Å². The average Bonchev–Trinajstić information content (AvgIpc) is 2.99. The predicted octanol–water partition coefficient (Wildman–Crippen LogP) is 4.84. The molecule has 5 nitrogen and oxygen atoms in total. The van der Waals surface area contributed by atoms with Gasteiger partial charge in [0, 0.05) is 12.1 Å². The molecule has 1 aromatic heterocycles. The van der Waals surface area contributed by atoms with Crippen molar-refractivity contribution in [3.8, 4) is 6.07 Å². The molecule has 0 atom stereocenters. The molecule has 0 saturated heterocycles. The summed E-state index contributed by atoms with van der Waals surface area (Å²) < 4.78 is 0.961. The first-order valence-corrected chi connectivity index (χ1v) is 7.70. The summed E-state index contributed by atoms with van der Waals surface area (Å²) >= 11 is 7.70. The number of nitriles is 1. The largest absolute Gasteiger partial charge is 0.269 e. The van der Waals surface area contributed by atoms with Crippen molar-refractivity contribution >= 4 is 49.4 Å². The van der Waals surface area contributed by atoms with Gasteiger partial charge >= 0.3 is 0 Å². The predicted molar refractivity (Wildman–Crippen MR) is 91.0 cm³/mol. The maximum atomic E-state index is 10.7. The van der Waals surface area contributed by atoms with Crippen LogP contribution in [0.4, 0.5) is 5.69 Å². The summed E-state index contributed by atoms with van der Waals surface area (Å²) in [4.78, 5) is 14.6. The summed E-state index contributed by atoms with van der Waals surface area (Å²) in [6.07, 6.45) is 0. The van der Waals surface area contributed by atoms with Crippen molar-refractivity contribution in [1.82, 2.24) is 4.98 Å². The second kappa shape index (κ2) is 6.16. The van der Waals surface area contributed by atoms with E-state index in [-0.39, 0.29) is 16.3 Å². The van der Waals surface area contributed by atoms with Gasteiger partial charge in [0.05, 0.1) is 20.2 Å². The van der Waals surface area contributed by atoms with Crippen LogP contribution in [-0.2, 0) is 0 Å². The van der Waals surface area contributed by atoms with Gasteiger partial charge in [0.25, 0.3) is 5.69 Å². The zero-order valence-corrected chi connectivity index (χ0v) is 13.1. The van der Waals surface area contributed by atoms with Crippen LogP contribution >= 0.6 is 22.9 Å². The van der Waals surface area contributed by atoms with E-state index in [0.29, 0.717) is 10.6 Å². The number of para-hydroxylation sites is 1. The van der Waals surface area contributed by atoms with Gasteiger partial charge in [-0.05, 0) is 29.8 Å². The number of hydrogen-bond acceptors (Lipinski definition) is 5. The van der Waals surface area contributed by atoms with Crippen LogP contribution in [0.2, 0.25) is 0 Å². The minimum Gasteiger partial charge on any atom is -0.258 e. The van der Waals surface area contributed by atoms with Gasteiger partial charge in [-0.1, -0.05) is 23.7 Å². The fourth-order valence-electron chi connectivity index (χ4n) is 2.04. The minimum absolute atomic E-state index is 0.0308. The van der Waals surface area contributed by atoms with Gasteiger partial charge in [-0.25, -0.2) is 4.98 Å². The molecular formula is C16H8ClN3O2S. The normalized spacial score (nSPS) is 11.8. The number of non-ortho nitro benzene ring substituents is 1. The number of halogens is 1. The van der Waals surface area contributed by atoms with E-state index in [4.69, 9.17) is 11.6 Å². The van der Waals surface area contributed by atoms with Crippen molar-refractivity contribution in [3.05, 3.63) is 69.2 Å². The van der Waals surface area contributed by atoms with Gasteiger partial charge in [-0.3, -0.25) is 10.1 Å². The molecule has 3 rings (SSSR count). The quantitative estimate of drug-likeness (QED) is 0.388. The van der Waals surface area contributed by atoms with Gasteiger partial charge in [0.15, 0.2) is 0 Å². The summed E-state index contributed by atoms with van der Waals surface area (Å²) in [6.45, 7) is 0. The molecule has 23 heavy (non-hydrogen) atoms. The van der Waals surface area contributed by atoms with Crippen LogP contribution in [0.3, 0.4) is 0 Å². The minimum atomic E-state index is -0.486. The molecule has 1 heterocycles. The molecule has 0 aliphatic heterocycles. The van der Waals surface area contributed by atoms with Crippen LogP contribution in [0.5, 0.6) is 0 Å². The first-order chi connectivity index (χ1) is 11.1. The summed E-state index contributed by atoms with van der Waals surface area (Å²) in [5, 5.41) is 20.9. The van der Waals surface area contributed by atoms with Gasteiger partial charge < -0.3 is 0 Å². The molecule has 2 aromatic carbocycles. The van der Waals surface area contributed by atoms with Crippen LogP contribution in [0.15, 0.2) is 48.5 Å². The average molecular weight is 342 g/mol. The standard InChI is InChI=1S/C16H8ClN3O2S/c17-15(10-5-7-11(8-6-10)20(21)22)12(9-18)16-19-13-3-1-2-4-14(13)23-16/h1-8H. The monoisotopic (exact) mass is 341 g/mol. The number of allylic oxidation sites excluding steroid dienone is 1. The number of benzene rings is 2. The highest BCUT2D eigenvalue weighted by Gasteiger charge is 2.15. The van der Waals surface area contributed by atoms with E-state index in [9.17, 15) is 15.4 Å². The summed E-state index contributed by atoms with van der Waals surface area (Å²) in [7, 11) is 0. The van der Waals surface area contributed by atoms with Crippen LogP contribution in [0, 0.1) is 21.4 Å². The molecule has 112 valence electrons. The van der Waals surface area contributed by atoms with Crippen molar-refractivity contribution in [2.75, 3.05) is 0 Å². The summed E-state index contributed by atoms with van der Waals surface area (Å²) in [6, 6.07) is 15.4. The van der Waals surface area contributed by atoms with E-state index in [2.05, 4.69) is 11.1 Å². The van der Waals surface area contributed by atoms with Gasteiger partial charge in [0.2, 0.25) is 0 Å². The SMILES string of the molecule is N#CC(=C(Cl)c1ccc([N+](=O)[O-])cc1)c1nc2ccccc2s1. The first kappa shape index (κ1) is 15.2. The Balaban J connectivity index is 2.08. The van der Waals surface area contributed by atoms with E-state index in [1.807, 2.05) is 24.3 Å². The number of nitro groups is 1. The molecule has 0 aliphatic rings. The molecule has 0 spiro atoms. The molecule has 0 amide bonds. The van der Waals surface area contributed by atoms with E-state index in [1.54, 1.807) is 0 Å². The third-order valence-corrected chi connectivity index (χ3v) is 4.63. The van der Waals surface area contributed by atoms with Crippen LogP contribution in [0.1, 0.15) is 10.6 Å². The second-order valence-corrected chi connectivity index (χ2v) is 6.00. The number of fused-ring (bicyclic) bond motifs is 1. The topological polar surface area (TPSA) is 79.8 Å². The van der Waals surface area contributed by atoms with Crippen LogP contribution in [-0.4, -0.2) is 9.91 Å². The number of thiazole rings is 1. The fraction of sp³-hybridized carbons (Fsp3) is 0. The number of nitrogens with zero attached hydrogens (tertiary/aromatic N) is 3. The molecule has 0 aliphatic carbocycles. The van der Waals surface area contributed by atoms with Gasteiger partial charge in [-0.2, -0.15) is 5.26 Å². The van der Waals surface area contributed by atoms with Crippen molar-refractivity contribution < 1.29 is 4.92 Å². The Morgan fingerprint density at radius 2 is 1.91 bits per heavy atom. The highest BCUT2D eigenvalue weighted by Crippen LogP contribution is 2.34. The lowest BCUT2D eigenvalue weighted by molar-refractivity contribution is -0.384. The van der Waals surface area contributed by atoms with E-state index >= 15 is 0 Å². The lowest BCUT2D eigenvalue weighted by atomic mass is 10.1. The maximum absolute atomic E-state index is 10.7. The Bertz CT molecular complexity index is 938.